The molecule has 0 saturated heterocycles. The molecule has 0 spiro atoms. The van der Waals surface area contributed by atoms with Crippen molar-refractivity contribution in [1.82, 2.24) is 20.1 Å². The first-order chi connectivity index (χ1) is 9.63. The van der Waals surface area contributed by atoms with E-state index in [2.05, 4.69) is 20.8 Å². The van der Waals surface area contributed by atoms with Gasteiger partial charge in [-0.25, -0.2) is 0 Å². The summed E-state index contributed by atoms with van der Waals surface area (Å²) in [7, 11) is 1.86. The molecule has 2 heterocycles. The topological polar surface area (TPSA) is 97.9 Å². The van der Waals surface area contributed by atoms with Crippen LogP contribution < -0.4 is 16.6 Å². The highest BCUT2D eigenvalue weighted by molar-refractivity contribution is 5.93. The lowest BCUT2D eigenvalue weighted by atomic mass is 10.2. The van der Waals surface area contributed by atoms with Crippen LogP contribution in [0, 0.1) is 0 Å². The molecule has 2 rings (SSSR count). The Balaban J connectivity index is 2.04. The van der Waals surface area contributed by atoms with E-state index in [-0.39, 0.29) is 5.91 Å². The summed E-state index contributed by atoms with van der Waals surface area (Å²) in [5, 5.41) is 7.16. The van der Waals surface area contributed by atoms with E-state index in [0.717, 1.165) is 17.7 Å². The molecular weight excluding hydrogens is 256 g/mol. The Hall–Kier alpha value is -2.41. The van der Waals surface area contributed by atoms with Gasteiger partial charge in [0.15, 0.2) is 0 Å². The van der Waals surface area contributed by atoms with Crippen molar-refractivity contribution in [1.29, 1.82) is 0 Å². The van der Waals surface area contributed by atoms with Crippen LogP contribution in [0.4, 0.5) is 5.69 Å². The fourth-order valence-corrected chi connectivity index (χ4v) is 1.94. The molecule has 4 N–H and O–H groups in total. The number of hydrogen-bond donors (Lipinski definition) is 3. The second kappa shape index (κ2) is 6.16. The van der Waals surface area contributed by atoms with Gasteiger partial charge in [-0.05, 0) is 18.6 Å². The van der Waals surface area contributed by atoms with E-state index >= 15 is 0 Å². The zero-order valence-electron chi connectivity index (χ0n) is 11.6. The highest BCUT2D eigenvalue weighted by atomic mass is 16.1. The summed E-state index contributed by atoms with van der Waals surface area (Å²) in [6, 6.07) is 3.28. The molecule has 2 aromatic rings. The molecule has 0 aliphatic heterocycles. The normalized spacial score (nSPS) is 10.3. The van der Waals surface area contributed by atoms with Crippen molar-refractivity contribution < 1.29 is 4.79 Å². The van der Waals surface area contributed by atoms with Crippen molar-refractivity contribution in [2.24, 2.45) is 12.9 Å². The Morgan fingerprint density at radius 1 is 1.50 bits per heavy atom. The van der Waals surface area contributed by atoms with Crippen LogP contribution in [0.1, 0.15) is 28.7 Å². The number of nitrogens with zero attached hydrogens (tertiary/aromatic N) is 3. The highest BCUT2D eigenvalue weighted by Gasteiger charge is 2.10. The number of carbonyl (C=O) groups excluding carboxylic acids is 1. The third-order valence-corrected chi connectivity index (χ3v) is 2.93. The fraction of sp³-hybridized carbons (Fsp3) is 0.308. The number of aromatic nitrogens is 3. The predicted octanol–water partition coefficient (Wildman–Crippen LogP) is 0.593. The van der Waals surface area contributed by atoms with E-state index in [4.69, 9.17) is 5.84 Å². The van der Waals surface area contributed by atoms with Crippen LogP contribution in [0.2, 0.25) is 0 Å². The summed E-state index contributed by atoms with van der Waals surface area (Å²) in [6.45, 7) is 2.46. The first kappa shape index (κ1) is 14.0. The maximum atomic E-state index is 12.0. The molecule has 106 valence electrons. The molecule has 20 heavy (non-hydrogen) atoms. The van der Waals surface area contributed by atoms with Crippen LogP contribution in [0.15, 0.2) is 24.5 Å². The van der Waals surface area contributed by atoms with Gasteiger partial charge in [0.05, 0.1) is 11.4 Å². The summed E-state index contributed by atoms with van der Waals surface area (Å²) in [6.07, 6.45) is 4.27. The minimum atomic E-state index is -0.243. The van der Waals surface area contributed by atoms with Crippen molar-refractivity contribution in [3.8, 4) is 0 Å². The molecule has 7 heteroatoms. The van der Waals surface area contributed by atoms with Gasteiger partial charge in [0.25, 0.3) is 5.91 Å². The number of amides is 1. The van der Waals surface area contributed by atoms with Crippen LogP contribution in [0.3, 0.4) is 0 Å². The number of hydrazine groups is 1. The van der Waals surface area contributed by atoms with Crippen LogP contribution in [0.5, 0.6) is 0 Å². The lowest BCUT2D eigenvalue weighted by Crippen LogP contribution is -2.24. The monoisotopic (exact) mass is 274 g/mol. The number of nitrogens with one attached hydrogen (secondary N) is 2. The van der Waals surface area contributed by atoms with E-state index in [0.29, 0.717) is 17.9 Å². The zero-order chi connectivity index (χ0) is 14.5. The highest BCUT2D eigenvalue weighted by Crippen LogP contribution is 2.08. The standard InChI is InChI=1S/C13H18N6O/c1-3-11-9(8-19(2)18-11)7-16-13(20)12-6-10(17-14)4-5-15-12/h4-6,8H,3,7,14H2,1-2H3,(H,15,17)(H,16,20). The predicted molar refractivity (Wildman–Crippen MR) is 75.8 cm³/mol. The van der Waals surface area contributed by atoms with Gasteiger partial charge in [0.2, 0.25) is 0 Å². The van der Waals surface area contributed by atoms with Crippen molar-refractivity contribution in [3.63, 3.8) is 0 Å². The Labute approximate surface area is 117 Å². The maximum absolute atomic E-state index is 12.0. The van der Waals surface area contributed by atoms with Crippen LogP contribution in [-0.4, -0.2) is 20.7 Å². The summed E-state index contributed by atoms with van der Waals surface area (Å²) in [5.41, 5.74) is 5.44. The fourth-order valence-electron chi connectivity index (χ4n) is 1.94. The van der Waals surface area contributed by atoms with Crippen molar-refractivity contribution in [3.05, 3.63) is 41.5 Å². The quantitative estimate of drug-likeness (QED) is 0.547. The first-order valence-electron chi connectivity index (χ1n) is 6.36. The number of carbonyl (C=O) groups is 1. The summed E-state index contributed by atoms with van der Waals surface area (Å²) >= 11 is 0. The summed E-state index contributed by atoms with van der Waals surface area (Å²) < 4.78 is 1.75. The molecule has 2 aromatic heterocycles. The molecule has 0 atom stereocenters. The molecule has 0 fully saturated rings. The van der Waals surface area contributed by atoms with Gasteiger partial charge in [-0.15, -0.1) is 0 Å². The summed E-state index contributed by atoms with van der Waals surface area (Å²) in [4.78, 5) is 16.0. The average molecular weight is 274 g/mol. The smallest absolute Gasteiger partial charge is 0.270 e. The van der Waals surface area contributed by atoms with Crippen LogP contribution in [0.25, 0.3) is 0 Å². The zero-order valence-corrected chi connectivity index (χ0v) is 11.6. The van der Waals surface area contributed by atoms with E-state index < -0.39 is 0 Å². The summed E-state index contributed by atoms with van der Waals surface area (Å²) in [5.74, 6) is 5.06. The van der Waals surface area contributed by atoms with E-state index in [1.54, 1.807) is 16.8 Å². The van der Waals surface area contributed by atoms with E-state index in [1.165, 1.54) is 6.20 Å². The molecule has 0 saturated carbocycles. The van der Waals surface area contributed by atoms with E-state index in [1.807, 2.05) is 20.2 Å². The molecule has 0 bridgehead atoms. The second-order valence-electron chi connectivity index (χ2n) is 4.39. The Kier molecular flexibility index (Phi) is 4.31. The van der Waals surface area contributed by atoms with Gasteiger partial charge in [-0.3, -0.25) is 20.3 Å². The Bertz CT molecular complexity index is 607. The maximum Gasteiger partial charge on any atom is 0.270 e. The third-order valence-electron chi connectivity index (χ3n) is 2.93. The Morgan fingerprint density at radius 2 is 2.30 bits per heavy atom. The SMILES string of the molecule is CCc1nn(C)cc1CNC(=O)c1cc(NN)ccn1. The number of hydrogen-bond acceptors (Lipinski definition) is 5. The van der Waals surface area contributed by atoms with Gasteiger partial charge < -0.3 is 10.7 Å². The largest absolute Gasteiger partial charge is 0.346 e. The molecule has 1 amide bonds. The number of nitrogen functional groups attached to an aromatic ring is 1. The average Bonchev–Trinajstić information content (AvgIpc) is 2.85. The molecule has 0 aliphatic rings. The Morgan fingerprint density at radius 3 is 3.00 bits per heavy atom. The second-order valence-corrected chi connectivity index (χ2v) is 4.39. The number of rotatable bonds is 5. The minimum Gasteiger partial charge on any atom is -0.346 e. The lowest BCUT2D eigenvalue weighted by Gasteiger charge is -2.06. The van der Waals surface area contributed by atoms with Crippen LogP contribution >= 0.6 is 0 Å². The molecule has 0 unspecified atom stereocenters. The van der Waals surface area contributed by atoms with Gasteiger partial charge >= 0.3 is 0 Å². The van der Waals surface area contributed by atoms with Gasteiger partial charge in [0.1, 0.15) is 5.69 Å². The third kappa shape index (κ3) is 3.12. The van der Waals surface area contributed by atoms with Crippen molar-refractivity contribution in [2.45, 2.75) is 19.9 Å². The first-order valence-corrected chi connectivity index (χ1v) is 6.36. The minimum absolute atomic E-state index is 0.243. The lowest BCUT2D eigenvalue weighted by molar-refractivity contribution is 0.0946. The number of nitrogens with two attached hydrogens (primary N) is 1. The van der Waals surface area contributed by atoms with Gasteiger partial charge in [0, 0.05) is 31.5 Å². The molecule has 0 aromatic carbocycles. The van der Waals surface area contributed by atoms with E-state index in [9.17, 15) is 4.79 Å². The van der Waals surface area contributed by atoms with Gasteiger partial charge in [-0.1, -0.05) is 6.92 Å². The van der Waals surface area contributed by atoms with Crippen molar-refractivity contribution in [2.75, 3.05) is 5.43 Å². The molecule has 0 aliphatic carbocycles. The number of aryl methyl sites for hydroxylation is 2. The van der Waals surface area contributed by atoms with Crippen LogP contribution in [-0.2, 0) is 20.0 Å². The van der Waals surface area contributed by atoms with Crippen molar-refractivity contribution >= 4 is 11.6 Å². The molecular formula is C13H18N6O. The number of anilines is 1. The number of pyridine rings is 1. The van der Waals surface area contributed by atoms with Gasteiger partial charge in [-0.2, -0.15) is 5.10 Å². The molecule has 0 radical (unpaired) electrons. The molecule has 7 nitrogen and oxygen atoms in total.